The highest BCUT2D eigenvalue weighted by Crippen LogP contribution is 2.03. The first kappa shape index (κ1) is 9.61. The van der Waals surface area contributed by atoms with Gasteiger partial charge in [-0.1, -0.05) is 6.58 Å². The fourth-order valence-electron chi connectivity index (χ4n) is 0.288. The van der Waals surface area contributed by atoms with Gasteiger partial charge in [0.2, 0.25) is 5.88 Å². The van der Waals surface area contributed by atoms with E-state index in [4.69, 9.17) is 5.73 Å². The highest BCUT2D eigenvalue weighted by molar-refractivity contribution is 5.76. The van der Waals surface area contributed by atoms with Crippen LogP contribution >= 0.6 is 0 Å². The van der Waals surface area contributed by atoms with Gasteiger partial charge in [0.25, 0.3) is 0 Å². The quantitative estimate of drug-likeness (QED) is 0.499. The van der Waals surface area contributed by atoms with Gasteiger partial charge in [-0.2, -0.15) is 8.78 Å². The van der Waals surface area contributed by atoms with E-state index in [0.717, 1.165) is 6.21 Å². The molecule has 11 heavy (non-hydrogen) atoms. The number of nitrogens with two attached hydrogens (primary N) is 1. The van der Waals surface area contributed by atoms with Gasteiger partial charge in [0.1, 0.15) is 0 Å². The first-order chi connectivity index (χ1) is 5.02. The molecule has 5 heteroatoms. The Bertz CT molecular complexity index is 189. The third-order valence-corrected chi connectivity index (χ3v) is 0.599. The van der Waals surface area contributed by atoms with Crippen molar-refractivity contribution in [1.29, 1.82) is 0 Å². The number of rotatable bonds is 4. The second kappa shape index (κ2) is 4.43. The molecular weight excluding hydrogens is 154 g/mol. The highest BCUT2D eigenvalue weighted by atomic mass is 19.3. The molecule has 0 saturated heterocycles. The molecule has 0 fully saturated rings. The van der Waals surface area contributed by atoms with Crippen molar-refractivity contribution in [2.45, 2.75) is 6.61 Å². The lowest BCUT2D eigenvalue weighted by atomic mass is 10.6. The van der Waals surface area contributed by atoms with Crippen molar-refractivity contribution in [3.05, 3.63) is 24.7 Å². The summed E-state index contributed by atoms with van der Waals surface area (Å²) in [6.45, 7) is 3.41. The average Bonchev–Trinajstić information content (AvgIpc) is 1.82. The minimum atomic E-state index is -2.91. The number of aliphatic imine (C=N–C) groups is 1. The zero-order chi connectivity index (χ0) is 8.85. The molecule has 62 valence electrons. The predicted molar refractivity (Wildman–Crippen MR) is 38.0 cm³/mol. The first-order valence-corrected chi connectivity index (χ1v) is 2.64. The third kappa shape index (κ3) is 6.50. The van der Waals surface area contributed by atoms with Gasteiger partial charge in [-0.05, 0) is 6.58 Å². The van der Waals surface area contributed by atoms with Crippen LogP contribution in [0.1, 0.15) is 0 Å². The first-order valence-electron chi connectivity index (χ1n) is 2.64. The van der Waals surface area contributed by atoms with Gasteiger partial charge in [-0.3, -0.25) is 0 Å². The van der Waals surface area contributed by atoms with Crippen LogP contribution in [0.2, 0.25) is 0 Å². The smallest absolute Gasteiger partial charge is 0.388 e. The van der Waals surface area contributed by atoms with E-state index in [1.54, 1.807) is 0 Å². The van der Waals surface area contributed by atoms with E-state index in [-0.39, 0.29) is 5.70 Å². The Labute approximate surface area is 62.9 Å². The Balaban J connectivity index is 3.78. The fraction of sp³-hybridized carbons (Fsp3) is 0.167. The molecule has 0 spiro atoms. The van der Waals surface area contributed by atoms with Crippen LogP contribution < -0.4 is 5.73 Å². The number of halogens is 2. The topological polar surface area (TPSA) is 47.6 Å². The summed E-state index contributed by atoms with van der Waals surface area (Å²) in [5, 5.41) is 0. The van der Waals surface area contributed by atoms with Gasteiger partial charge in [-0.25, -0.2) is 4.99 Å². The summed E-state index contributed by atoms with van der Waals surface area (Å²) in [7, 11) is 0. The van der Waals surface area contributed by atoms with Crippen LogP contribution in [0.5, 0.6) is 0 Å². The largest absolute Gasteiger partial charge is 0.418 e. The zero-order valence-electron chi connectivity index (χ0n) is 5.76. The maximum absolute atomic E-state index is 11.4. The van der Waals surface area contributed by atoms with E-state index in [1.807, 2.05) is 0 Å². The van der Waals surface area contributed by atoms with Gasteiger partial charge in [0.15, 0.2) is 0 Å². The van der Waals surface area contributed by atoms with Crippen molar-refractivity contribution < 1.29 is 13.5 Å². The molecular formula is C6H8F2N2O. The SMILES string of the molecule is C=C(N)/C=N\C(=C)OC(F)F. The second-order valence-electron chi connectivity index (χ2n) is 1.61. The second-order valence-corrected chi connectivity index (χ2v) is 1.61. The Hall–Kier alpha value is -1.39. The van der Waals surface area contributed by atoms with Crippen molar-refractivity contribution in [2.75, 3.05) is 0 Å². The maximum atomic E-state index is 11.4. The van der Waals surface area contributed by atoms with E-state index in [9.17, 15) is 8.78 Å². The molecule has 0 saturated carbocycles. The van der Waals surface area contributed by atoms with E-state index >= 15 is 0 Å². The number of hydrogen-bond donors (Lipinski definition) is 1. The van der Waals surface area contributed by atoms with Crippen molar-refractivity contribution in [2.24, 2.45) is 10.7 Å². The van der Waals surface area contributed by atoms with Crippen LogP contribution in [0.25, 0.3) is 0 Å². The molecule has 2 N–H and O–H groups in total. The summed E-state index contributed by atoms with van der Waals surface area (Å²) in [5.41, 5.74) is 5.19. The van der Waals surface area contributed by atoms with Crippen molar-refractivity contribution in [1.82, 2.24) is 0 Å². The molecule has 0 aromatic carbocycles. The fourth-order valence-corrected chi connectivity index (χ4v) is 0.288. The summed E-state index contributed by atoms with van der Waals surface area (Å²) < 4.78 is 26.6. The van der Waals surface area contributed by atoms with E-state index in [1.165, 1.54) is 0 Å². The summed E-state index contributed by atoms with van der Waals surface area (Å²) in [6, 6.07) is 0. The molecule has 0 atom stereocenters. The third-order valence-electron chi connectivity index (χ3n) is 0.599. The zero-order valence-corrected chi connectivity index (χ0v) is 5.76. The number of ether oxygens (including phenoxy) is 1. The van der Waals surface area contributed by atoms with Crippen LogP contribution in [-0.2, 0) is 4.74 Å². The van der Waals surface area contributed by atoms with E-state index < -0.39 is 12.5 Å². The summed E-state index contributed by atoms with van der Waals surface area (Å²) in [4.78, 5) is 3.32. The number of hydrogen-bond acceptors (Lipinski definition) is 3. The molecule has 0 aliphatic heterocycles. The minimum absolute atomic E-state index is 0.143. The van der Waals surface area contributed by atoms with Crippen molar-refractivity contribution in [3.8, 4) is 0 Å². The van der Waals surface area contributed by atoms with Crippen molar-refractivity contribution in [3.63, 3.8) is 0 Å². The van der Waals surface area contributed by atoms with Crippen molar-refractivity contribution >= 4 is 6.21 Å². The highest BCUT2D eigenvalue weighted by Gasteiger charge is 2.01. The normalized spacial score (nSPS) is 10.5. The van der Waals surface area contributed by atoms with E-state index in [2.05, 4.69) is 22.9 Å². The minimum Gasteiger partial charge on any atom is -0.418 e. The van der Waals surface area contributed by atoms with Gasteiger partial charge >= 0.3 is 6.61 Å². The molecule has 0 aliphatic carbocycles. The van der Waals surface area contributed by atoms with E-state index in [0.29, 0.717) is 0 Å². The molecule has 0 amide bonds. The molecule has 0 unspecified atom stereocenters. The van der Waals surface area contributed by atoms with Crippen LogP contribution in [0.3, 0.4) is 0 Å². The van der Waals surface area contributed by atoms with Crippen LogP contribution in [-0.4, -0.2) is 12.8 Å². The molecule has 0 aliphatic rings. The summed E-state index contributed by atoms with van der Waals surface area (Å²) >= 11 is 0. The van der Waals surface area contributed by atoms with Gasteiger partial charge in [0.05, 0.1) is 6.21 Å². The molecule has 0 radical (unpaired) electrons. The van der Waals surface area contributed by atoms with Crippen LogP contribution in [0.15, 0.2) is 29.7 Å². The average molecular weight is 162 g/mol. The molecule has 0 heterocycles. The van der Waals surface area contributed by atoms with Gasteiger partial charge < -0.3 is 10.5 Å². The molecule has 3 nitrogen and oxygen atoms in total. The Morgan fingerprint density at radius 3 is 2.45 bits per heavy atom. The molecule has 0 bridgehead atoms. The Kier molecular flexibility index (Phi) is 3.87. The Morgan fingerprint density at radius 1 is 1.55 bits per heavy atom. The predicted octanol–water partition coefficient (Wildman–Crippen LogP) is 1.24. The maximum Gasteiger partial charge on any atom is 0.388 e. The Morgan fingerprint density at radius 2 is 2.09 bits per heavy atom. The van der Waals surface area contributed by atoms with Gasteiger partial charge in [0, 0.05) is 5.70 Å². The molecule has 0 rings (SSSR count). The lowest BCUT2D eigenvalue weighted by molar-refractivity contribution is -0.0959. The standard InChI is InChI=1S/C6H8F2N2O/c1-4(9)3-10-5(2)11-6(7)8/h3,6H,1-2,9H2/b10-3-. The lowest BCUT2D eigenvalue weighted by Gasteiger charge is -2.00. The van der Waals surface area contributed by atoms with Crippen LogP contribution in [0.4, 0.5) is 8.78 Å². The molecule has 0 aromatic heterocycles. The van der Waals surface area contributed by atoms with Crippen LogP contribution in [0, 0.1) is 0 Å². The van der Waals surface area contributed by atoms with Gasteiger partial charge in [-0.15, -0.1) is 0 Å². The summed E-state index contributed by atoms with van der Waals surface area (Å²) in [6.07, 6.45) is 1.07. The molecule has 0 aromatic rings. The number of alkyl halides is 2. The lowest BCUT2D eigenvalue weighted by Crippen LogP contribution is -1.99. The number of nitrogens with zero attached hydrogens (tertiary/aromatic N) is 1. The summed E-state index contributed by atoms with van der Waals surface area (Å²) in [5.74, 6) is -0.397. The monoisotopic (exact) mass is 162 g/mol. The number of allylic oxidation sites excluding steroid dienone is 1.